The van der Waals surface area contributed by atoms with E-state index in [0.717, 1.165) is 6.42 Å². The number of allylic oxidation sites excluding steroid dienone is 2. The van der Waals surface area contributed by atoms with Crippen molar-refractivity contribution in [3.8, 4) is 0 Å². The van der Waals surface area contributed by atoms with Gasteiger partial charge in [0.15, 0.2) is 0 Å². The summed E-state index contributed by atoms with van der Waals surface area (Å²) in [6.07, 6.45) is 9.82. The highest BCUT2D eigenvalue weighted by molar-refractivity contribution is 5.46. The zero-order valence-corrected chi connectivity index (χ0v) is 9.25. The monoisotopic (exact) mass is 186 g/mol. The summed E-state index contributed by atoms with van der Waals surface area (Å²) in [6, 6.07) is 6.44. The number of rotatable bonds is 0. The Bertz CT molecular complexity index is 422. The van der Waals surface area contributed by atoms with Crippen LogP contribution in [0.15, 0.2) is 30.4 Å². The molecule has 0 aromatic heterocycles. The molecule has 0 fully saturated rings. The fourth-order valence-electron chi connectivity index (χ4n) is 1.55. The largest absolute Gasteiger partial charge is 0.0807 e. The average Bonchev–Trinajstić information content (AvgIpc) is 2.47. The SMILES string of the molecule is CC.Cc1cccc2c1=CC=CCC=2. The molecule has 0 saturated carbocycles. The van der Waals surface area contributed by atoms with E-state index in [1.807, 2.05) is 13.8 Å². The van der Waals surface area contributed by atoms with Crippen molar-refractivity contribution < 1.29 is 0 Å². The van der Waals surface area contributed by atoms with Crippen LogP contribution in [-0.4, -0.2) is 0 Å². The van der Waals surface area contributed by atoms with Gasteiger partial charge in [0.1, 0.15) is 0 Å². The molecule has 0 N–H and O–H groups in total. The summed E-state index contributed by atoms with van der Waals surface area (Å²) >= 11 is 0. The first-order valence-electron chi connectivity index (χ1n) is 5.30. The van der Waals surface area contributed by atoms with E-state index in [1.165, 1.54) is 16.0 Å². The van der Waals surface area contributed by atoms with Crippen LogP contribution in [0.4, 0.5) is 0 Å². The van der Waals surface area contributed by atoms with E-state index in [1.54, 1.807) is 0 Å². The van der Waals surface area contributed by atoms with E-state index < -0.39 is 0 Å². The van der Waals surface area contributed by atoms with E-state index >= 15 is 0 Å². The van der Waals surface area contributed by atoms with Crippen molar-refractivity contribution in [2.24, 2.45) is 0 Å². The van der Waals surface area contributed by atoms with E-state index in [0.29, 0.717) is 0 Å². The molecule has 0 heteroatoms. The Labute approximate surface area is 86.3 Å². The Morgan fingerprint density at radius 2 is 1.93 bits per heavy atom. The van der Waals surface area contributed by atoms with Gasteiger partial charge in [-0.05, 0) is 29.3 Å². The van der Waals surface area contributed by atoms with Crippen LogP contribution in [0.3, 0.4) is 0 Å². The summed E-state index contributed by atoms with van der Waals surface area (Å²) in [6.45, 7) is 6.16. The van der Waals surface area contributed by atoms with Crippen molar-refractivity contribution in [3.63, 3.8) is 0 Å². The van der Waals surface area contributed by atoms with E-state index in [2.05, 4.69) is 49.4 Å². The first kappa shape index (κ1) is 10.8. The highest BCUT2D eigenvalue weighted by Crippen LogP contribution is 1.91. The minimum atomic E-state index is 1.05. The molecule has 0 unspecified atom stereocenters. The van der Waals surface area contributed by atoms with Gasteiger partial charge in [0.2, 0.25) is 0 Å². The van der Waals surface area contributed by atoms with Gasteiger partial charge < -0.3 is 0 Å². The second-order valence-electron chi connectivity index (χ2n) is 3.11. The predicted molar refractivity (Wildman–Crippen MR) is 64.5 cm³/mol. The zero-order valence-electron chi connectivity index (χ0n) is 9.25. The van der Waals surface area contributed by atoms with Crippen LogP contribution < -0.4 is 10.4 Å². The normalized spacial score (nSPS) is 12.5. The standard InChI is InChI=1S/C12H12.C2H6/c1-10-6-5-8-11-7-3-2-4-9-12(10)11;1-2/h2,4-9H,3H2,1H3;1-2H3. The van der Waals surface area contributed by atoms with Crippen LogP contribution in [0.5, 0.6) is 0 Å². The molecular formula is C14H18. The van der Waals surface area contributed by atoms with Crippen molar-refractivity contribution in [2.75, 3.05) is 0 Å². The number of hydrogen-bond acceptors (Lipinski definition) is 0. The number of hydrogen-bond donors (Lipinski definition) is 0. The van der Waals surface area contributed by atoms with Crippen LogP contribution in [-0.2, 0) is 0 Å². The van der Waals surface area contributed by atoms with Gasteiger partial charge in [0.05, 0.1) is 0 Å². The lowest BCUT2D eigenvalue weighted by atomic mass is 10.1. The van der Waals surface area contributed by atoms with Crippen molar-refractivity contribution in [2.45, 2.75) is 27.2 Å². The molecule has 1 aliphatic rings. The van der Waals surface area contributed by atoms with Crippen molar-refractivity contribution in [1.29, 1.82) is 0 Å². The Hall–Kier alpha value is -1.30. The summed E-state index contributed by atoms with van der Waals surface area (Å²) in [4.78, 5) is 0. The highest BCUT2D eigenvalue weighted by Gasteiger charge is 1.90. The minimum absolute atomic E-state index is 1.05. The van der Waals surface area contributed by atoms with E-state index in [-0.39, 0.29) is 0 Å². The maximum Gasteiger partial charge on any atom is -0.0157 e. The minimum Gasteiger partial charge on any atom is -0.0807 e. The first-order chi connectivity index (χ1) is 6.88. The van der Waals surface area contributed by atoms with E-state index in [9.17, 15) is 0 Å². The number of fused-ring (bicyclic) bond motifs is 1. The highest BCUT2D eigenvalue weighted by atomic mass is 14.0. The van der Waals surface area contributed by atoms with Gasteiger partial charge in [-0.3, -0.25) is 0 Å². The van der Waals surface area contributed by atoms with Crippen LogP contribution in [0.1, 0.15) is 25.8 Å². The molecule has 1 aromatic carbocycles. The van der Waals surface area contributed by atoms with Gasteiger partial charge in [-0.2, -0.15) is 0 Å². The molecule has 0 radical (unpaired) electrons. The predicted octanol–water partition coefficient (Wildman–Crippen LogP) is 2.54. The number of benzene rings is 1. The molecule has 0 aliphatic heterocycles. The molecule has 74 valence electrons. The summed E-state index contributed by atoms with van der Waals surface area (Å²) < 4.78 is 0. The third-order valence-corrected chi connectivity index (χ3v) is 2.23. The Morgan fingerprint density at radius 3 is 2.71 bits per heavy atom. The molecule has 1 aliphatic carbocycles. The summed E-state index contributed by atoms with van der Waals surface area (Å²) in [5.74, 6) is 0. The zero-order chi connectivity index (χ0) is 10.4. The third-order valence-electron chi connectivity index (χ3n) is 2.23. The molecule has 1 aromatic rings. The third kappa shape index (κ3) is 2.35. The molecule has 0 nitrogen and oxygen atoms in total. The second-order valence-corrected chi connectivity index (χ2v) is 3.11. The van der Waals surface area contributed by atoms with Gasteiger partial charge in [0, 0.05) is 0 Å². The van der Waals surface area contributed by atoms with Gasteiger partial charge in [-0.25, -0.2) is 0 Å². The average molecular weight is 186 g/mol. The lowest BCUT2D eigenvalue weighted by Crippen LogP contribution is -2.25. The van der Waals surface area contributed by atoms with Crippen LogP contribution in [0, 0.1) is 6.92 Å². The fourth-order valence-corrected chi connectivity index (χ4v) is 1.55. The fraction of sp³-hybridized carbons (Fsp3) is 0.286. The topological polar surface area (TPSA) is 0 Å². The quantitative estimate of drug-likeness (QED) is 0.584. The van der Waals surface area contributed by atoms with Gasteiger partial charge >= 0.3 is 0 Å². The smallest absolute Gasteiger partial charge is 0.0157 e. The summed E-state index contributed by atoms with van der Waals surface area (Å²) in [5, 5.41) is 2.73. The maximum atomic E-state index is 2.27. The molecule has 0 saturated heterocycles. The first-order valence-corrected chi connectivity index (χ1v) is 5.30. The molecule has 2 rings (SSSR count). The summed E-state index contributed by atoms with van der Waals surface area (Å²) in [7, 11) is 0. The van der Waals surface area contributed by atoms with Crippen molar-refractivity contribution in [1.82, 2.24) is 0 Å². The molecule has 0 bridgehead atoms. The van der Waals surface area contributed by atoms with Crippen LogP contribution in [0.25, 0.3) is 12.2 Å². The van der Waals surface area contributed by atoms with Gasteiger partial charge in [-0.1, -0.05) is 56.4 Å². The molecular weight excluding hydrogens is 168 g/mol. The van der Waals surface area contributed by atoms with Crippen molar-refractivity contribution in [3.05, 3.63) is 46.4 Å². The second kappa shape index (κ2) is 5.43. The number of aryl methyl sites for hydroxylation is 1. The van der Waals surface area contributed by atoms with Gasteiger partial charge in [0.25, 0.3) is 0 Å². The van der Waals surface area contributed by atoms with Gasteiger partial charge in [-0.15, -0.1) is 0 Å². The molecule has 0 spiro atoms. The Morgan fingerprint density at radius 1 is 1.14 bits per heavy atom. The van der Waals surface area contributed by atoms with E-state index in [4.69, 9.17) is 0 Å². The lowest BCUT2D eigenvalue weighted by Gasteiger charge is -1.93. The molecule has 0 amide bonds. The van der Waals surface area contributed by atoms with Crippen LogP contribution >= 0.6 is 0 Å². The Balaban J connectivity index is 0.000000461. The van der Waals surface area contributed by atoms with Crippen LogP contribution in [0.2, 0.25) is 0 Å². The Kier molecular flexibility index (Phi) is 4.18. The molecule has 0 heterocycles. The summed E-state index contributed by atoms with van der Waals surface area (Å²) in [5.41, 5.74) is 1.36. The molecule has 14 heavy (non-hydrogen) atoms. The van der Waals surface area contributed by atoms with Crippen molar-refractivity contribution >= 4 is 12.2 Å². The maximum absolute atomic E-state index is 2.27. The lowest BCUT2D eigenvalue weighted by molar-refractivity contribution is 1.36. The molecule has 0 atom stereocenters.